The number of aliphatic imine (C=N–C) groups is 1. The Morgan fingerprint density at radius 3 is 2.04 bits per heavy atom. The first-order valence-electron chi connectivity index (χ1n) is 9.23. The van der Waals surface area contributed by atoms with Gasteiger partial charge in [0.15, 0.2) is 0 Å². The first-order valence-corrected chi connectivity index (χ1v) is 9.23. The molecule has 0 amide bonds. The highest BCUT2D eigenvalue weighted by molar-refractivity contribution is 5.86. The van der Waals surface area contributed by atoms with E-state index < -0.39 is 0 Å². The van der Waals surface area contributed by atoms with E-state index in [0.29, 0.717) is 5.57 Å². The molecule has 27 heavy (non-hydrogen) atoms. The average molecular weight is 360 g/mol. The van der Waals surface area contributed by atoms with Crippen LogP contribution in [-0.4, -0.2) is 6.21 Å². The Morgan fingerprint density at radius 1 is 0.889 bits per heavy atom. The monoisotopic (exact) mass is 359 g/mol. The van der Waals surface area contributed by atoms with E-state index in [9.17, 15) is 5.26 Å². The van der Waals surface area contributed by atoms with Gasteiger partial charge >= 0.3 is 0 Å². The summed E-state index contributed by atoms with van der Waals surface area (Å²) in [7, 11) is 0. The quantitative estimate of drug-likeness (QED) is 0.500. The van der Waals surface area contributed by atoms with Gasteiger partial charge in [0.2, 0.25) is 0 Å². The third-order valence-electron chi connectivity index (χ3n) is 4.30. The highest BCUT2D eigenvalue weighted by atomic mass is 14.9. The van der Waals surface area contributed by atoms with Crippen molar-refractivity contribution in [2.45, 2.75) is 52.4 Å². The molecule has 0 atom stereocenters. The predicted octanol–water partition coefficient (Wildman–Crippen LogP) is 6.50. The number of hydrogen-bond acceptors (Lipinski definition) is 3. The van der Waals surface area contributed by atoms with Gasteiger partial charge in [-0.05, 0) is 34.1 Å². The normalized spacial score (nSPS) is 12.9. The fourth-order valence-corrected chi connectivity index (χ4v) is 2.88. The molecule has 0 aromatic heterocycles. The van der Waals surface area contributed by atoms with Crippen molar-refractivity contribution in [3.63, 3.8) is 0 Å². The lowest BCUT2D eigenvalue weighted by Crippen LogP contribution is -2.13. The van der Waals surface area contributed by atoms with Crippen molar-refractivity contribution in [2.75, 3.05) is 5.32 Å². The van der Waals surface area contributed by atoms with Crippen LogP contribution in [0.4, 0.5) is 11.4 Å². The van der Waals surface area contributed by atoms with E-state index in [1.165, 1.54) is 5.56 Å². The Bertz CT molecular complexity index is 885. The fraction of sp³-hybridized carbons (Fsp3) is 0.333. The molecule has 0 saturated heterocycles. The maximum atomic E-state index is 9.49. The van der Waals surface area contributed by atoms with Crippen LogP contribution in [0.25, 0.3) is 0 Å². The van der Waals surface area contributed by atoms with E-state index in [1.807, 2.05) is 36.4 Å². The summed E-state index contributed by atoms with van der Waals surface area (Å²) in [6.45, 7) is 13.0. The van der Waals surface area contributed by atoms with Crippen molar-refractivity contribution in [1.82, 2.24) is 0 Å². The number of para-hydroxylation sites is 2. The molecule has 0 saturated carbocycles. The van der Waals surface area contributed by atoms with Crippen molar-refractivity contribution in [2.24, 2.45) is 4.99 Å². The van der Waals surface area contributed by atoms with Crippen molar-refractivity contribution in [3.8, 4) is 6.07 Å². The Balaban J connectivity index is 2.28. The molecule has 0 unspecified atom stereocenters. The molecule has 140 valence electrons. The Morgan fingerprint density at radius 2 is 1.44 bits per heavy atom. The van der Waals surface area contributed by atoms with E-state index in [2.05, 4.69) is 70.1 Å². The molecule has 2 aromatic carbocycles. The van der Waals surface area contributed by atoms with Crippen LogP contribution in [0.2, 0.25) is 0 Å². The summed E-state index contributed by atoms with van der Waals surface area (Å²) in [6.07, 6.45) is 3.34. The lowest BCUT2D eigenvalue weighted by molar-refractivity contribution is 0.591. The molecule has 0 spiro atoms. The Hall–Kier alpha value is -2.86. The highest BCUT2D eigenvalue weighted by Gasteiger charge is 2.17. The summed E-state index contributed by atoms with van der Waals surface area (Å²) in [5.74, 6) is 0. The van der Waals surface area contributed by atoms with Crippen molar-refractivity contribution >= 4 is 17.6 Å². The number of nitriles is 1. The molecule has 0 aliphatic carbocycles. The molecule has 2 aromatic rings. The Labute approximate surface area is 163 Å². The summed E-state index contributed by atoms with van der Waals surface area (Å²) in [6, 6.07) is 18.4. The van der Waals surface area contributed by atoms with Gasteiger partial charge in [-0.3, -0.25) is 4.99 Å². The predicted molar refractivity (Wildman–Crippen MR) is 116 cm³/mol. The van der Waals surface area contributed by atoms with E-state index in [-0.39, 0.29) is 10.8 Å². The van der Waals surface area contributed by atoms with Gasteiger partial charge in [0.05, 0.1) is 11.3 Å². The zero-order chi connectivity index (χ0) is 20.1. The minimum absolute atomic E-state index is 0.00560. The second-order valence-electron chi connectivity index (χ2n) is 8.68. The number of anilines is 1. The molecule has 3 heteroatoms. The molecule has 0 aliphatic heterocycles. The van der Waals surface area contributed by atoms with Crippen molar-refractivity contribution in [3.05, 3.63) is 71.4 Å². The summed E-state index contributed by atoms with van der Waals surface area (Å²) in [5.41, 5.74) is 4.74. The van der Waals surface area contributed by atoms with Gasteiger partial charge in [0, 0.05) is 18.1 Å². The minimum atomic E-state index is -0.00560. The molecule has 0 fully saturated rings. The third kappa shape index (κ3) is 5.56. The first kappa shape index (κ1) is 20.5. The smallest absolute Gasteiger partial charge is 0.102 e. The van der Waals surface area contributed by atoms with Crippen molar-refractivity contribution < 1.29 is 0 Å². The standard InChI is InChI=1S/C24H29N3/c1-23(2,3)19-11-7-9-13-21(19)26-16-18(15-25)17-27-22-14-10-8-12-20(22)24(4,5)6/h7-14,16-17,26H,1-6H3/b18-16+,27-17?. The number of benzene rings is 2. The number of allylic oxidation sites excluding steroid dienone is 1. The van der Waals surface area contributed by atoms with Crippen molar-refractivity contribution in [1.29, 1.82) is 5.26 Å². The average Bonchev–Trinajstić information content (AvgIpc) is 2.61. The second kappa shape index (κ2) is 8.22. The lowest BCUT2D eigenvalue weighted by atomic mass is 9.86. The first-order chi connectivity index (χ1) is 12.6. The van der Waals surface area contributed by atoms with Gasteiger partial charge in [-0.1, -0.05) is 77.9 Å². The van der Waals surface area contributed by atoms with E-state index in [4.69, 9.17) is 0 Å². The van der Waals surface area contributed by atoms with Crippen LogP contribution in [0.5, 0.6) is 0 Å². The number of rotatable bonds is 4. The number of hydrogen-bond donors (Lipinski definition) is 1. The SMILES string of the molecule is CC(C)(C)c1ccccc1N=C/C(C#N)=C/Nc1ccccc1C(C)(C)C. The van der Waals surface area contributed by atoms with E-state index in [0.717, 1.165) is 16.9 Å². The molecule has 0 radical (unpaired) electrons. The van der Waals surface area contributed by atoms with Gasteiger partial charge in [-0.2, -0.15) is 5.26 Å². The van der Waals surface area contributed by atoms with Gasteiger partial charge in [0.1, 0.15) is 6.07 Å². The zero-order valence-electron chi connectivity index (χ0n) is 17.2. The second-order valence-corrected chi connectivity index (χ2v) is 8.68. The number of nitrogens with zero attached hydrogens (tertiary/aromatic N) is 2. The van der Waals surface area contributed by atoms with Gasteiger partial charge < -0.3 is 5.32 Å². The molecule has 1 N–H and O–H groups in total. The van der Waals surface area contributed by atoms with Crippen LogP contribution < -0.4 is 5.32 Å². The van der Waals surface area contributed by atoms with Crippen LogP contribution in [0.1, 0.15) is 52.7 Å². The largest absolute Gasteiger partial charge is 0.360 e. The molecular weight excluding hydrogens is 330 g/mol. The summed E-state index contributed by atoms with van der Waals surface area (Å²) < 4.78 is 0. The number of nitrogens with one attached hydrogen (secondary N) is 1. The van der Waals surface area contributed by atoms with Crippen LogP contribution in [-0.2, 0) is 10.8 Å². The summed E-state index contributed by atoms with van der Waals surface area (Å²) in [5, 5.41) is 12.8. The molecular formula is C24H29N3. The Kier molecular flexibility index (Phi) is 6.23. The minimum Gasteiger partial charge on any atom is -0.360 e. The molecule has 0 heterocycles. The zero-order valence-corrected chi connectivity index (χ0v) is 17.2. The molecule has 0 bridgehead atoms. The summed E-state index contributed by atoms with van der Waals surface area (Å²) >= 11 is 0. The maximum absolute atomic E-state index is 9.49. The van der Waals surface area contributed by atoms with Crippen LogP contribution in [0, 0.1) is 11.3 Å². The molecule has 3 nitrogen and oxygen atoms in total. The lowest BCUT2D eigenvalue weighted by Gasteiger charge is -2.22. The van der Waals surface area contributed by atoms with Gasteiger partial charge in [-0.15, -0.1) is 0 Å². The van der Waals surface area contributed by atoms with E-state index in [1.54, 1.807) is 12.4 Å². The fourth-order valence-electron chi connectivity index (χ4n) is 2.88. The molecule has 2 rings (SSSR count). The van der Waals surface area contributed by atoms with Crippen LogP contribution in [0.3, 0.4) is 0 Å². The van der Waals surface area contributed by atoms with Gasteiger partial charge in [0.25, 0.3) is 0 Å². The maximum Gasteiger partial charge on any atom is 0.102 e. The van der Waals surface area contributed by atoms with Crippen LogP contribution in [0.15, 0.2) is 65.3 Å². The van der Waals surface area contributed by atoms with E-state index >= 15 is 0 Å². The molecule has 0 aliphatic rings. The highest BCUT2D eigenvalue weighted by Crippen LogP contribution is 2.31. The van der Waals surface area contributed by atoms with Crippen LogP contribution >= 0.6 is 0 Å². The summed E-state index contributed by atoms with van der Waals surface area (Å²) in [4.78, 5) is 4.57. The van der Waals surface area contributed by atoms with Gasteiger partial charge in [-0.25, -0.2) is 0 Å². The third-order valence-corrected chi connectivity index (χ3v) is 4.30. The topological polar surface area (TPSA) is 48.2 Å².